The Kier molecular flexibility index (Phi) is 6.30. The Balaban J connectivity index is 1.39. The number of likely N-dealkylation sites (tertiary alicyclic amines) is 1. The average molecular weight is 583 g/mol. The van der Waals surface area contributed by atoms with E-state index in [1.165, 1.54) is 29.2 Å². The monoisotopic (exact) mass is 583 g/mol. The molecule has 2 heterocycles. The highest BCUT2D eigenvalue weighted by Crippen LogP contribution is 2.51. The number of hydrogen-bond donors (Lipinski definition) is 1. The van der Waals surface area contributed by atoms with E-state index in [4.69, 9.17) is 0 Å². The molecule has 0 bridgehead atoms. The largest absolute Gasteiger partial charge is 0.435 e. The lowest BCUT2D eigenvalue weighted by Crippen LogP contribution is -2.61. The molecule has 3 aliphatic rings. The van der Waals surface area contributed by atoms with Crippen LogP contribution < -0.4 is 5.32 Å². The Hall–Kier alpha value is -3.52. The maximum absolute atomic E-state index is 15.3. The molecule has 1 saturated carbocycles. The molecular weight excluding hydrogens is 564 g/mol. The smallest absolute Gasteiger partial charge is 0.374 e. The van der Waals surface area contributed by atoms with Gasteiger partial charge in [-0.15, -0.1) is 0 Å². The number of carbonyl (C=O) groups excluding carboxylic acids is 1. The van der Waals surface area contributed by atoms with Crippen LogP contribution in [0.1, 0.15) is 47.1 Å². The number of amides is 2. The Bertz CT molecular complexity index is 1310. The van der Waals surface area contributed by atoms with Gasteiger partial charge in [0.1, 0.15) is 0 Å². The number of nitrogens with zero attached hydrogens (tertiary/aromatic N) is 2. The molecule has 2 aromatic carbocycles. The number of oxime groups is 1. The number of carbonyl (C=O) groups is 1. The number of alkyl halides is 10. The first-order valence-corrected chi connectivity index (χ1v) is 11.9. The number of hydrogen-bond acceptors (Lipinski definition) is 3. The predicted molar refractivity (Wildman–Crippen MR) is 119 cm³/mol. The summed E-state index contributed by atoms with van der Waals surface area (Å²) >= 11 is 0. The molecule has 0 radical (unpaired) electrons. The first-order valence-electron chi connectivity index (χ1n) is 11.9. The number of urea groups is 1. The molecule has 40 heavy (non-hydrogen) atoms. The second kappa shape index (κ2) is 8.99. The summed E-state index contributed by atoms with van der Waals surface area (Å²) in [5.41, 5.74) is -11.1. The first kappa shape index (κ1) is 28.0. The molecule has 1 unspecified atom stereocenters. The molecule has 5 nitrogen and oxygen atoms in total. The van der Waals surface area contributed by atoms with Crippen molar-refractivity contribution in [2.45, 2.75) is 55.1 Å². The highest BCUT2D eigenvalue weighted by Gasteiger charge is 2.63. The third-order valence-corrected chi connectivity index (χ3v) is 7.05. The minimum Gasteiger partial charge on any atom is -0.374 e. The Morgan fingerprint density at radius 3 is 1.90 bits per heavy atom. The average Bonchev–Trinajstić information content (AvgIpc) is 3.52. The van der Waals surface area contributed by atoms with Crippen LogP contribution >= 0.6 is 0 Å². The highest BCUT2D eigenvalue weighted by molar-refractivity contribution is 6.02. The highest BCUT2D eigenvalue weighted by atomic mass is 19.4. The van der Waals surface area contributed by atoms with Crippen LogP contribution in [0.3, 0.4) is 0 Å². The summed E-state index contributed by atoms with van der Waals surface area (Å²) in [4.78, 5) is 17.9. The fourth-order valence-corrected chi connectivity index (χ4v) is 4.59. The zero-order valence-corrected chi connectivity index (χ0v) is 20.1. The van der Waals surface area contributed by atoms with E-state index in [2.05, 4.69) is 15.3 Å². The number of nitrogens with one attached hydrogen (secondary N) is 1. The van der Waals surface area contributed by atoms with Crippen molar-refractivity contribution in [2.75, 3.05) is 13.1 Å². The molecule has 5 rings (SSSR count). The molecule has 216 valence electrons. The molecule has 1 atom stereocenters. The lowest BCUT2D eigenvalue weighted by molar-refractivity contribution is -0.276. The summed E-state index contributed by atoms with van der Waals surface area (Å²) in [6.07, 6.45) is -15.8. The Morgan fingerprint density at radius 1 is 0.875 bits per heavy atom. The van der Waals surface area contributed by atoms with Crippen LogP contribution in [0.2, 0.25) is 0 Å². The molecule has 0 aromatic heterocycles. The lowest BCUT2D eigenvalue weighted by atomic mass is 9.83. The second-order valence-electron chi connectivity index (χ2n) is 10.0. The topological polar surface area (TPSA) is 53.9 Å². The van der Waals surface area contributed by atoms with Crippen LogP contribution in [-0.4, -0.2) is 42.0 Å². The molecule has 1 saturated heterocycles. The normalized spacial score (nSPS) is 22.9. The van der Waals surface area contributed by atoms with Crippen LogP contribution in [0.25, 0.3) is 0 Å². The van der Waals surface area contributed by atoms with Gasteiger partial charge in [0.05, 0.1) is 29.9 Å². The third-order valence-electron chi connectivity index (χ3n) is 7.05. The van der Waals surface area contributed by atoms with Crippen molar-refractivity contribution in [2.24, 2.45) is 5.16 Å². The van der Waals surface area contributed by atoms with Gasteiger partial charge in [0.2, 0.25) is 0 Å². The maximum Gasteiger partial charge on any atom is 0.435 e. The van der Waals surface area contributed by atoms with Gasteiger partial charge in [-0.2, -0.15) is 39.5 Å². The number of benzene rings is 2. The summed E-state index contributed by atoms with van der Waals surface area (Å²) in [5.74, 6) is 0. The molecular formula is C25H19F10N3O2. The van der Waals surface area contributed by atoms with Crippen LogP contribution in [0, 0.1) is 0 Å². The van der Waals surface area contributed by atoms with E-state index in [1.807, 2.05) is 0 Å². The zero-order chi connectivity index (χ0) is 29.3. The van der Waals surface area contributed by atoms with Gasteiger partial charge < -0.3 is 15.1 Å². The number of halogens is 10. The molecule has 2 amide bonds. The minimum atomic E-state index is -5.47. The van der Waals surface area contributed by atoms with Crippen molar-refractivity contribution < 1.29 is 53.5 Å². The van der Waals surface area contributed by atoms with Gasteiger partial charge in [-0.3, -0.25) is 0 Å². The fourth-order valence-electron chi connectivity index (χ4n) is 4.59. The van der Waals surface area contributed by atoms with Crippen molar-refractivity contribution in [3.63, 3.8) is 0 Å². The van der Waals surface area contributed by atoms with E-state index >= 15 is 4.39 Å². The predicted octanol–water partition coefficient (Wildman–Crippen LogP) is 6.66. The van der Waals surface area contributed by atoms with Crippen molar-refractivity contribution >= 4 is 11.7 Å². The zero-order valence-electron chi connectivity index (χ0n) is 20.1. The molecule has 15 heteroatoms. The van der Waals surface area contributed by atoms with Crippen molar-refractivity contribution in [1.82, 2.24) is 10.2 Å². The molecule has 1 aliphatic carbocycles. The van der Waals surface area contributed by atoms with Crippen molar-refractivity contribution in [1.29, 1.82) is 0 Å². The molecule has 2 aliphatic heterocycles. The van der Waals surface area contributed by atoms with E-state index in [-0.39, 0.29) is 48.5 Å². The molecule has 0 spiro atoms. The first-order chi connectivity index (χ1) is 18.4. The van der Waals surface area contributed by atoms with Crippen LogP contribution in [0.15, 0.2) is 47.6 Å². The van der Waals surface area contributed by atoms with Gasteiger partial charge in [0.25, 0.3) is 5.60 Å². The van der Waals surface area contributed by atoms with Gasteiger partial charge >= 0.3 is 24.6 Å². The molecule has 2 aromatic rings. The second-order valence-corrected chi connectivity index (χ2v) is 10.0. The van der Waals surface area contributed by atoms with Crippen LogP contribution in [0.5, 0.6) is 0 Å². The third kappa shape index (κ3) is 5.05. The van der Waals surface area contributed by atoms with Gasteiger partial charge in [-0.1, -0.05) is 29.4 Å². The summed E-state index contributed by atoms with van der Waals surface area (Å²) < 4.78 is 138. The standard InChI is InChI=1S/C25H19F10N3O2/c26-21(11-38(12-21)20(39)36-18-5-6-18)14-3-1-13(2-4-14)19-10-22(40-37-19,25(33,34)35)15-7-16(23(27,28)29)9-17(8-15)24(30,31)32/h1-4,7-9,18H,5-6,10-12H2,(H,36,39). The van der Waals surface area contributed by atoms with Crippen LogP contribution in [0.4, 0.5) is 48.7 Å². The fraction of sp³-hybridized carbons (Fsp3) is 0.440. The van der Waals surface area contributed by atoms with E-state index in [0.717, 1.165) is 12.8 Å². The summed E-state index contributed by atoms with van der Waals surface area (Å²) in [6.45, 7) is -0.494. The quantitative estimate of drug-likeness (QED) is 0.410. The Labute approximate surface area is 219 Å². The summed E-state index contributed by atoms with van der Waals surface area (Å²) in [7, 11) is 0. The van der Waals surface area contributed by atoms with E-state index in [9.17, 15) is 44.3 Å². The van der Waals surface area contributed by atoms with Gasteiger partial charge in [-0.25, -0.2) is 9.18 Å². The van der Waals surface area contributed by atoms with E-state index in [1.54, 1.807) is 0 Å². The number of rotatable bonds is 4. The summed E-state index contributed by atoms with van der Waals surface area (Å²) in [6, 6.07) is 4.25. The van der Waals surface area contributed by atoms with Crippen molar-refractivity contribution in [3.8, 4) is 0 Å². The maximum atomic E-state index is 15.3. The van der Waals surface area contributed by atoms with Gasteiger partial charge in [-0.05, 0) is 42.2 Å². The summed E-state index contributed by atoms with van der Waals surface area (Å²) in [5, 5.41) is 6.08. The Morgan fingerprint density at radius 2 is 1.43 bits per heavy atom. The van der Waals surface area contributed by atoms with E-state index in [0.29, 0.717) is 0 Å². The SMILES string of the molecule is O=C(NC1CC1)N1CC(F)(c2ccc(C3=NOC(c4cc(C(F)(F)F)cc(C(F)(F)F)c4)(C(F)(F)F)C3)cc2)C1. The minimum absolute atomic E-state index is 0.0100. The van der Waals surface area contributed by atoms with Gasteiger partial charge in [0.15, 0.2) is 5.67 Å². The van der Waals surface area contributed by atoms with E-state index < -0.39 is 64.7 Å². The molecule has 1 N–H and O–H groups in total. The van der Waals surface area contributed by atoms with Crippen LogP contribution in [-0.2, 0) is 28.5 Å². The molecule has 2 fully saturated rings. The lowest BCUT2D eigenvalue weighted by Gasteiger charge is -2.44. The van der Waals surface area contributed by atoms with Crippen molar-refractivity contribution in [3.05, 3.63) is 70.3 Å². The van der Waals surface area contributed by atoms with Gasteiger partial charge in [0, 0.05) is 18.0 Å².